The Bertz CT molecular complexity index is 1050. The Morgan fingerprint density at radius 1 is 1.13 bits per heavy atom. The molecule has 0 unspecified atom stereocenters. The van der Waals surface area contributed by atoms with Crippen LogP contribution in [-0.4, -0.2) is 51.5 Å². The first kappa shape index (κ1) is 21.4. The van der Waals surface area contributed by atoms with Gasteiger partial charge in [0.1, 0.15) is 5.60 Å². The molecule has 0 saturated carbocycles. The minimum absolute atomic E-state index is 0.170. The van der Waals surface area contributed by atoms with Gasteiger partial charge in [-0.25, -0.2) is 9.69 Å². The van der Waals surface area contributed by atoms with E-state index in [1.807, 2.05) is 18.2 Å². The number of allylic oxidation sites excluding steroid dienone is 1. The van der Waals surface area contributed by atoms with Crippen molar-refractivity contribution in [3.8, 4) is 0 Å². The minimum atomic E-state index is -0.679. The van der Waals surface area contributed by atoms with Gasteiger partial charge in [0, 0.05) is 33.9 Å². The summed E-state index contributed by atoms with van der Waals surface area (Å²) >= 11 is 1.50. The maximum Gasteiger partial charge on any atom is 0.417 e. The summed E-state index contributed by atoms with van der Waals surface area (Å²) in [6.07, 6.45) is 4.43. The normalized spacial score (nSPS) is 18.1. The molecule has 4 rings (SSSR count). The van der Waals surface area contributed by atoms with Gasteiger partial charge < -0.3 is 4.74 Å². The molecular formula is C23H24N2O5S. The quantitative estimate of drug-likeness (QED) is 0.525. The molecule has 2 heterocycles. The summed E-state index contributed by atoms with van der Waals surface area (Å²) in [5.41, 5.74) is 1.72. The van der Waals surface area contributed by atoms with E-state index >= 15 is 0 Å². The number of benzene rings is 1. The molecular weight excluding hydrogens is 416 g/mol. The lowest BCUT2D eigenvalue weighted by Gasteiger charge is -2.23. The first-order valence-corrected chi connectivity index (χ1v) is 11.2. The number of rotatable bonds is 4. The molecule has 0 spiro atoms. The summed E-state index contributed by atoms with van der Waals surface area (Å²) in [6.45, 7) is 5.76. The zero-order valence-corrected chi connectivity index (χ0v) is 18.6. The van der Waals surface area contributed by atoms with Crippen LogP contribution in [0.4, 0.5) is 4.79 Å². The van der Waals surface area contributed by atoms with Crippen LogP contribution in [-0.2, 0) is 20.9 Å². The average Bonchev–Trinajstić information content (AvgIpc) is 3.16. The smallest absolute Gasteiger partial charge is 0.417 e. The molecule has 8 heteroatoms. The monoisotopic (exact) mass is 440 g/mol. The van der Waals surface area contributed by atoms with Crippen molar-refractivity contribution < 1.29 is 23.9 Å². The summed E-state index contributed by atoms with van der Waals surface area (Å²) in [5.74, 6) is -0.218. The molecule has 3 aliphatic rings. The lowest BCUT2D eigenvalue weighted by molar-refractivity contribution is -0.137. The van der Waals surface area contributed by atoms with Crippen LogP contribution < -0.4 is 0 Å². The van der Waals surface area contributed by atoms with Crippen molar-refractivity contribution in [2.75, 3.05) is 12.3 Å². The van der Waals surface area contributed by atoms with Crippen molar-refractivity contribution in [2.24, 2.45) is 0 Å². The van der Waals surface area contributed by atoms with E-state index in [-0.39, 0.29) is 24.3 Å². The van der Waals surface area contributed by atoms with Crippen molar-refractivity contribution in [3.63, 3.8) is 0 Å². The van der Waals surface area contributed by atoms with Crippen LogP contribution in [0.5, 0.6) is 0 Å². The Labute approximate surface area is 185 Å². The standard InChI is InChI=1S/C23H24N2O5S/c1-23(2,3)30-22(29)25-13-14-12-15(8-9-16(14)19(25)26)31-11-10-24-20(27)17-6-4-5-7-18(17)21(24)28/h4,6,8-9,12H,5,7,10-11,13H2,1-3H3. The maximum absolute atomic E-state index is 12.5. The van der Waals surface area contributed by atoms with Crippen LogP contribution in [0.3, 0.4) is 0 Å². The Morgan fingerprint density at radius 2 is 1.90 bits per heavy atom. The lowest BCUT2D eigenvalue weighted by atomic mass is 10.00. The second-order valence-corrected chi connectivity index (χ2v) is 9.80. The minimum Gasteiger partial charge on any atom is -0.443 e. The van der Waals surface area contributed by atoms with Crippen molar-refractivity contribution in [1.29, 1.82) is 0 Å². The predicted octanol–water partition coefficient (Wildman–Crippen LogP) is 3.69. The number of amides is 4. The number of hydrogen-bond acceptors (Lipinski definition) is 6. The molecule has 0 aromatic heterocycles. The van der Waals surface area contributed by atoms with Crippen molar-refractivity contribution in [2.45, 2.75) is 50.7 Å². The Kier molecular flexibility index (Phi) is 5.51. The number of nitrogens with zero attached hydrogens (tertiary/aromatic N) is 2. The van der Waals surface area contributed by atoms with E-state index < -0.39 is 11.7 Å². The van der Waals surface area contributed by atoms with E-state index in [0.717, 1.165) is 21.8 Å². The molecule has 7 nitrogen and oxygen atoms in total. The Morgan fingerprint density at radius 3 is 2.61 bits per heavy atom. The van der Waals surface area contributed by atoms with Gasteiger partial charge in [0.05, 0.1) is 6.54 Å². The molecule has 4 amide bonds. The number of carbonyl (C=O) groups excluding carboxylic acids is 4. The summed E-state index contributed by atoms with van der Waals surface area (Å²) in [4.78, 5) is 53.2. The third kappa shape index (κ3) is 4.17. The van der Waals surface area contributed by atoms with Crippen LogP contribution in [0.25, 0.3) is 0 Å². The number of fused-ring (bicyclic) bond motifs is 1. The number of carbonyl (C=O) groups is 4. The van der Waals surface area contributed by atoms with E-state index in [4.69, 9.17) is 4.74 Å². The second kappa shape index (κ2) is 8.00. The highest BCUT2D eigenvalue weighted by atomic mass is 32.2. The highest BCUT2D eigenvalue weighted by Gasteiger charge is 2.37. The van der Waals surface area contributed by atoms with Crippen molar-refractivity contribution >= 4 is 35.6 Å². The van der Waals surface area contributed by atoms with Gasteiger partial charge in [0.25, 0.3) is 17.7 Å². The molecule has 0 bridgehead atoms. The molecule has 162 valence electrons. The first-order chi connectivity index (χ1) is 14.7. The van der Waals surface area contributed by atoms with E-state index in [1.165, 1.54) is 16.7 Å². The van der Waals surface area contributed by atoms with Gasteiger partial charge in [0.15, 0.2) is 0 Å². The molecule has 1 aromatic rings. The fourth-order valence-electron chi connectivity index (χ4n) is 3.80. The van der Waals surface area contributed by atoms with Crippen LogP contribution in [0.15, 0.2) is 46.4 Å². The predicted molar refractivity (Wildman–Crippen MR) is 115 cm³/mol. The van der Waals surface area contributed by atoms with Gasteiger partial charge in [-0.2, -0.15) is 0 Å². The second-order valence-electron chi connectivity index (χ2n) is 8.63. The molecule has 0 radical (unpaired) electrons. The SMILES string of the molecule is CC(C)(C)OC(=O)N1Cc2cc(SCCN3C(=O)C4=C(CCC=C4)C3=O)ccc2C1=O. The number of imide groups is 2. The molecule has 1 aliphatic carbocycles. The zero-order chi connectivity index (χ0) is 22.3. The van der Waals surface area contributed by atoms with E-state index in [9.17, 15) is 19.2 Å². The molecule has 0 N–H and O–H groups in total. The Hall–Kier alpha value is -2.87. The average molecular weight is 441 g/mol. The lowest BCUT2D eigenvalue weighted by Crippen LogP contribution is -2.36. The van der Waals surface area contributed by atoms with Gasteiger partial charge in [-0.1, -0.05) is 12.2 Å². The van der Waals surface area contributed by atoms with Gasteiger partial charge in [-0.15, -0.1) is 11.8 Å². The maximum atomic E-state index is 12.5. The molecule has 1 aromatic carbocycles. The van der Waals surface area contributed by atoms with E-state index in [0.29, 0.717) is 35.4 Å². The fourth-order valence-corrected chi connectivity index (χ4v) is 4.70. The molecule has 2 aliphatic heterocycles. The number of ether oxygens (including phenoxy) is 1. The highest BCUT2D eigenvalue weighted by molar-refractivity contribution is 7.99. The van der Waals surface area contributed by atoms with E-state index in [2.05, 4.69) is 0 Å². The van der Waals surface area contributed by atoms with Gasteiger partial charge >= 0.3 is 6.09 Å². The Balaban J connectivity index is 1.36. The molecule has 0 saturated heterocycles. The van der Waals surface area contributed by atoms with Crippen LogP contribution in [0.1, 0.15) is 49.5 Å². The summed E-state index contributed by atoms with van der Waals surface area (Å²) in [7, 11) is 0. The fraction of sp³-hybridized carbons (Fsp3) is 0.391. The first-order valence-electron chi connectivity index (χ1n) is 10.2. The summed E-state index contributed by atoms with van der Waals surface area (Å²) in [5, 5.41) is 0. The molecule has 0 atom stereocenters. The topological polar surface area (TPSA) is 84.0 Å². The highest BCUT2D eigenvalue weighted by Crippen LogP contribution is 2.31. The number of hydrogen-bond donors (Lipinski definition) is 0. The summed E-state index contributed by atoms with van der Waals surface area (Å²) < 4.78 is 5.32. The summed E-state index contributed by atoms with van der Waals surface area (Å²) in [6, 6.07) is 5.41. The van der Waals surface area contributed by atoms with Gasteiger partial charge in [0.2, 0.25) is 0 Å². The number of thioether (sulfide) groups is 1. The van der Waals surface area contributed by atoms with Crippen LogP contribution in [0.2, 0.25) is 0 Å². The van der Waals surface area contributed by atoms with Crippen LogP contribution >= 0.6 is 11.8 Å². The van der Waals surface area contributed by atoms with Gasteiger partial charge in [-0.05, 0) is 57.4 Å². The van der Waals surface area contributed by atoms with Crippen molar-refractivity contribution in [1.82, 2.24) is 9.80 Å². The molecule has 31 heavy (non-hydrogen) atoms. The van der Waals surface area contributed by atoms with Crippen LogP contribution in [0, 0.1) is 0 Å². The van der Waals surface area contributed by atoms with Gasteiger partial charge in [-0.3, -0.25) is 19.3 Å². The third-order valence-corrected chi connectivity index (χ3v) is 6.20. The zero-order valence-electron chi connectivity index (χ0n) is 17.8. The largest absolute Gasteiger partial charge is 0.443 e. The molecule has 0 fully saturated rings. The van der Waals surface area contributed by atoms with Crippen molar-refractivity contribution in [3.05, 3.63) is 52.6 Å². The van der Waals surface area contributed by atoms with E-state index in [1.54, 1.807) is 32.9 Å². The third-order valence-electron chi connectivity index (χ3n) is 5.23.